The third-order valence-corrected chi connectivity index (χ3v) is 2.81. The van der Waals surface area contributed by atoms with Crippen molar-refractivity contribution in [2.45, 2.75) is 52.8 Å². The summed E-state index contributed by atoms with van der Waals surface area (Å²) in [4.78, 5) is 4.25. The zero-order chi connectivity index (χ0) is 15.5. The van der Waals surface area contributed by atoms with Crippen molar-refractivity contribution < 1.29 is 4.74 Å². The Bertz CT molecular complexity index is 586. The van der Waals surface area contributed by atoms with Gasteiger partial charge in [0.25, 0.3) is 0 Å². The highest BCUT2D eigenvalue weighted by Gasteiger charge is 2.15. The van der Waals surface area contributed by atoms with Gasteiger partial charge < -0.3 is 10.1 Å². The molecule has 6 nitrogen and oxygen atoms in total. The Kier molecular flexibility index (Phi) is 4.45. The van der Waals surface area contributed by atoms with Crippen LogP contribution in [0.3, 0.4) is 0 Å². The lowest BCUT2D eigenvalue weighted by Gasteiger charge is -2.17. The van der Waals surface area contributed by atoms with Crippen LogP contribution in [0.5, 0.6) is 5.88 Å². The summed E-state index contributed by atoms with van der Waals surface area (Å²) in [5.41, 5.74) is 1.67. The van der Waals surface area contributed by atoms with Gasteiger partial charge in [-0.2, -0.15) is 0 Å². The molecule has 1 N–H and O–H groups in total. The minimum Gasteiger partial charge on any atom is -0.473 e. The first-order valence-corrected chi connectivity index (χ1v) is 7.13. The van der Waals surface area contributed by atoms with Crippen LogP contribution in [0.2, 0.25) is 0 Å². The smallest absolute Gasteiger partial charge is 0.237 e. The van der Waals surface area contributed by atoms with E-state index in [-0.39, 0.29) is 11.6 Å². The standard InChI is InChI=1S/C15H23N5O/c1-11(2)21-14-13(7-6-8-16-14)17-9-12-10-20(19-18-12)15(3,4)5/h6-8,10-11,17H,9H2,1-5H3. The van der Waals surface area contributed by atoms with Crippen LogP contribution in [0.1, 0.15) is 40.3 Å². The minimum absolute atomic E-state index is 0.0640. The molecular formula is C15H23N5O. The van der Waals surface area contributed by atoms with Crippen LogP contribution in [0, 0.1) is 0 Å². The summed E-state index contributed by atoms with van der Waals surface area (Å²) < 4.78 is 7.54. The molecule has 0 aliphatic carbocycles. The summed E-state index contributed by atoms with van der Waals surface area (Å²) in [6, 6.07) is 3.82. The molecule has 0 saturated heterocycles. The number of nitrogens with zero attached hydrogens (tertiary/aromatic N) is 4. The first-order valence-electron chi connectivity index (χ1n) is 7.13. The van der Waals surface area contributed by atoms with Gasteiger partial charge >= 0.3 is 0 Å². The zero-order valence-electron chi connectivity index (χ0n) is 13.3. The van der Waals surface area contributed by atoms with Crippen LogP contribution in [0.15, 0.2) is 24.5 Å². The molecule has 0 amide bonds. The molecule has 2 heterocycles. The van der Waals surface area contributed by atoms with Gasteiger partial charge in [0.05, 0.1) is 30.1 Å². The van der Waals surface area contributed by atoms with Gasteiger partial charge in [-0.25, -0.2) is 9.67 Å². The molecule has 2 aromatic heterocycles. The summed E-state index contributed by atoms with van der Waals surface area (Å²) >= 11 is 0. The Hall–Kier alpha value is -2.11. The van der Waals surface area contributed by atoms with Crippen LogP contribution in [0.4, 0.5) is 5.69 Å². The van der Waals surface area contributed by atoms with E-state index in [1.807, 2.05) is 36.9 Å². The summed E-state index contributed by atoms with van der Waals surface area (Å²) in [7, 11) is 0. The van der Waals surface area contributed by atoms with Crippen LogP contribution in [0.25, 0.3) is 0 Å². The van der Waals surface area contributed by atoms with Gasteiger partial charge in [-0.3, -0.25) is 0 Å². The molecule has 0 aromatic carbocycles. The second-order valence-electron chi connectivity index (χ2n) is 6.20. The highest BCUT2D eigenvalue weighted by Crippen LogP contribution is 2.22. The van der Waals surface area contributed by atoms with Crippen molar-refractivity contribution in [2.24, 2.45) is 0 Å². The van der Waals surface area contributed by atoms with Gasteiger partial charge in [0.2, 0.25) is 5.88 Å². The topological polar surface area (TPSA) is 64.9 Å². The zero-order valence-corrected chi connectivity index (χ0v) is 13.3. The first kappa shape index (κ1) is 15.3. The lowest BCUT2D eigenvalue weighted by Crippen LogP contribution is -2.22. The molecule has 2 aromatic rings. The van der Waals surface area contributed by atoms with Gasteiger partial charge in [-0.05, 0) is 46.8 Å². The van der Waals surface area contributed by atoms with Gasteiger partial charge in [0.15, 0.2) is 0 Å². The Morgan fingerprint density at radius 1 is 1.33 bits per heavy atom. The summed E-state index contributed by atoms with van der Waals surface area (Å²) in [6.07, 6.45) is 3.76. The number of hydrogen-bond acceptors (Lipinski definition) is 5. The maximum atomic E-state index is 5.68. The molecular weight excluding hydrogens is 266 g/mol. The van der Waals surface area contributed by atoms with Crippen molar-refractivity contribution in [3.05, 3.63) is 30.2 Å². The second-order valence-corrected chi connectivity index (χ2v) is 6.20. The number of hydrogen-bond donors (Lipinski definition) is 1. The van der Waals surface area contributed by atoms with E-state index in [2.05, 4.69) is 41.4 Å². The summed E-state index contributed by atoms with van der Waals surface area (Å²) in [5.74, 6) is 0.607. The molecule has 0 radical (unpaired) electrons. The molecule has 0 saturated carbocycles. The molecule has 0 fully saturated rings. The van der Waals surface area contributed by atoms with E-state index in [4.69, 9.17) is 4.74 Å². The third kappa shape index (κ3) is 4.18. The minimum atomic E-state index is -0.0640. The lowest BCUT2D eigenvalue weighted by molar-refractivity contribution is 0.234. The van der Waals surface area contributed by atoms with E-state index in [1.54, 1.807) is 6.20 Å². The van der Waals surface area contributed by atoms with Crippen LogP contribution in [-0.2, 0) is 12.1 Å². The molecule has 0 aliphatic heterocycles. The average Bonchev–Trinajstić information content (AvgIpc) is 2.86. The Balaban J connectivity index is 2.05. The number of ether oxygens (including phenoxy) is 1. The number of anilines is 1. The predicted molar refractivity (Wildman–Crippen MR) is 82.3 cm³/mol. The van der Waals surface area contributed by atoms with Crippen molar-refractivity contribution in [1.29, 1.82) is 0 Å². The van der Waals surface area contributed by atoms with E-state index in [1.165, 1.54) is 0 Å². The van der Waals surface area contributed by atoms with E-state index in [0.29, 0.717) is 12.4 Å². The van der Waals surface area contributed by atoms with E-state index >= 15 is 0 Å². The van der Waals surface area contributed by atoms with Gasteiger partial charge in [0, 0.05) is 6.20 Å². The normalized spacial score (nSPS) is 11.7. The van der Waals surface area contributed by atoms with Crippen molar-refractivity contribution in [2.75, 3.05) is 5.32 Å². The Labute approximate surface area is 125 Å². The summed E-state index contributed by atoms with van der Waals surface area (Å²) in [6.45, 7) is 10.8. The monoisotopic (exact) mass is 289 g/mol. The van der Waals surface area contributed by atoms with Gasteiger partial charge in [-0.15, -0.1) is 5.10 Å². The van der Waals surface area contributed by atoms with Crippen molar-refractivity contribution in [1.82, 2.24) is 20.0 Å². The lowest BCUT2D eigenvalue weighted by atomic mass is 10.1. The predicted octanol–water partition coefficient (Wildman–Crippen LogP) is 2.83. The number of aromatic nitrogens is 4. The highest BCUT2D eigenvalue weighted by atomic mass is 16.5. The molecule has 2 rings (SSSR count). The van der Waals surface area contributed by atoms with Crippen molar-refractivity contribution in [3.63, 3.8) is 0 Å². The molecule has 0 unspecified atom stereocenters. The van der Waals surface area contributed by atoms with Gasteiger partial charge in [-0.1, -0.05) is 5.21 Å². The maximum Gasteiger partial charge on any atom is 0.237 e. The molecule has 21 heavy (non-hydrogen) atoms. The Morgan fingerprint density at radius 3 is 2.71 bits per heavy atom. The highest BCUT2D eigenvalue weighted by molar-refractivity contribution is 5.52. The fourth-order valence-corrected chi connectivity index (χ4v) is 1.74. The molecule has 114 valence electrons. The number of rotatable bonds is 5. The quantitative estimate of drug-likeness (QED) is 0.917. The molecule has 6 heteroatoms. The molecule has 0 atom stereocenters. The molecule has 0 bridgehead atoms. The number of pyridine rings is 1. The molecule has 0 aliphatic rings. The van der Waals surface area contributed by atoms with E-state index in [9.17, 15) is 0 Å². The van der Waals surface area contributed by atoms with Crippen LogP contribution in [-0.4, -0.2) is 26.1 Å². The van der Waals surface area contributed by atoms with Crippen molar-refractivity contribution in [3.8, 4) is 5.88 Å². The fourth-order valence-electron chi connectivity index (χ4n) is 1.74. The number of nitrogens with one attached hydrogen (secondary N) is 1. The van der Waals surface area contributed by atoms with E-state index < -0.39 is 0 Å². The maximum absolute atomic E-state index is 5.68. The SMILES string of the molecule is CC(C)Oc1ncccc1NCc1cn(C(C)(C)C)nn1. The summed E-state index contributed by atoms with van der Waals surface area (Å²) in [5, 5.41) is 11.6. The largest absolute Gasteiger partial charge is 0.473 e. The average molecular weight is 289 g/mol. The van der Waals surface area contributed by atoms with E-state index in [0.717, 1.165) is 11.4 Å². The first-order chi connectivity index (χ1) is 9.86. The fraction of sp³-hybridized carbons (Fsp3) is 0.533. The third-order valence-electron chi connectivity index (χ3n) is 2.81. The van der Waals surface area contributed by atoms with Crippen LogP contribution < -0.4 is 10.1 Å². The molecule has 0 spiro atoms. The Morgan fingerprint density at radius 2 is 2.10 bits per heavy atom. The van der Waals surface area contributed by atoms with Crippen molar-refractivity contribution >= 4 is 5.69 Å². The van der Waals surface area contributed by atoms with Gasteiger partial charge in [0.1, 0.15) is 5.69 Å². The second kappa shape index (κ2) is 6.11. The van der Waals surface area contributed by atoms with Crippen LogP contribution >= 0.6 is 0 Å².